The number of esters is 1. The van der Waals surface area contributed by atoms with Crippen molar-refractivity contribution >= 4 is 29.7 Å². The lowest BCUT2D eigenvalue weighted by atomic mass is 9.87. The van der Waals surface area contributed by atoms with Crippen LogP contribution in [0.3, 0.4) is 0 Å². The summed E-state index contributed by atoms with van der Waals surface area (Å²) in [6.07, 6.45) is 7.89. The van der Waals surface area contributed by atoms with Gasteiger partial charge in [-0.25, -0.2) is 0 Å². The molecule has 140 valence electrons. The van der Waals surface area contributed by atoms with Crippen molar-refractivity contribution in [1.29, 1.82) is 0 Å². The number of aliphatic hydroxyl groups is 1. The Bertz CT molecular complexity index is 712. The molecule has 1 saturated carbocycles. The van der Waals surface area contributed by atoms with E-state index < -0.39 is 5.56 Å². The molecule has 26 heavy (non-hydrogen) atoms. The Hall–Kier alpha value is -1.99. The minimum absolute atomic E-state index is 0.241. The first-order chi connectivity index (χ1) is 12.5. The topological polar surface area (TPSA) is 84.9 Å². The van der Waals surface area contributed by atoms with E-state index in [2.05, 4.69) is 5.32 Å². The Morgan fingerprint density at radius 3 is 2.73 bits per heavy atom. The summed E-state index contributed by atoms with van der Waals surface area (Å²) in [5.41, 5.74) is -0.198. The van der Waals surface area contributed by atoms with E-state index in [0.29, 0.717) is 28.7 Å². The number of carbonyl (C=O) groups is 2. The number of hydrogen-bond acceptors (Lipinski definition) is 6. The van der Waals surface area contributed by atoms with Crippen LogP contribution in [0.4, 0.5) is 0 Å². The Labute approximate surface area is 156 Å². The van der Waals surface area contributed by atoms with Crippen molar-refractivity contribution in [3.8, 4) is 11.5 Å². The largest absolute Gasteiger partial charge is 0.493 e. The van der Waals surface area contributed by atoms with Crippen molar-refractivity contribution in [2.75, 3.05) is 7.11 Å². The summed E-state index contributed by atoms with van der Waals surface area (Å²) in [6, 6.07) is 5.12. The van der Waals surface area contributed by atoms with Crippen LogP contribution in [-0.2, 0) is 9.59 Å². The van der Waals surface area contributed by atoms with Crippen molar-refractivity contribution in [2.24, 2.45) is 5.92 Å². The summed E-state index contributed by atoms with van der Waals surface area (Å²) in [5, 5.41) is 11.8. The smallest absolute Gasteiger partial charge is 0.311 e. The van der Waals surface area contributed by atoms with Gasteiger partial charge in [0.2, 0.25) is 0 Å². The molecule has 6 nitrogen and oxygen atoms in total. The number of benzene rings is 1. The van der Waals surface area contributed by atoms with Gasteiger partial charge in [0.15, 0.2) is 17.1 Å². The molecule has 0 spiro atoms. The van der Waals surface area contributed by atoms with Gasteiger partial charge in [-0.2, -0.15) is 0 Å². The normalized spacial score (nSPS) is 22.3. The molecule has 1 atom stereocenters. The highest BCUT2D eigenvalue weighted by Gasteiger charge is 2.25. The highest BCUT2D eigenvalue weighted by atomic mass is 32.2. The van der Waals surface area contributed by atoms with E-state index in [1.807, 2.05) is 0 Å². The average Bonchev–Trinajstić information content (AvgIpc) is 2.94. The molecule has 0 bridgehead atoms. The molecule has 1 aliphatic carbocycles. The van der Waals surface area contributed by atoms with Gasteiger partial charge in [-0.05, 0) is 42.5 Å². The molecule has 1 aliphatic heterocycles. The zero-order valence-electron chi connectivity index (χ0n) is 14.7. The quantitative estimate of drug-likeness (QED) is 0.466. The first-order valence-electron chi connectivity index (χ1n) is 8.81. The van der Waals surface area contributed by atoms with Gasteiger partial charge in [-0.15, -0.1) is 0 Å². The summed E-state index contributed by atoms with van der Waals surface area (Å²) < 4.78 is 10.8. The Morgan fingerprint density at radius 2 is 2.08 bits per heavy atom. The van der Waals surface area contributed by atoms with Crippen LogP contribution in [0.15, 0.2) is 23.1 Å². The van der Waals surface area contributed by atoms with Crippen molar-refractivity contribution in [1.82, 2.24) is 5.32 Å². The third kappa shape index (κ3) is 4.80. The third-order valence-corrected chi connectivity index (χ3v) is 5.50. The second kappa shape index (κ2) is 8.60. The van der Waals surface area contributed by atoms with E-state index in [-0.39, 0.29) is 11.9 Å². The molecule has 0 aromatic heterocycles. The lowest BCUT2D eigenvalue weighted by molar-refractivity contribution is -0.135. The molecule has 0 radical (unpaired) electrons. The van der Waals surface area contributed by atoms with Crippen molar-refractivity contribution in [2.45, 2.75) is 44.1 Å². The molecule has 1 unspecified atom stereocenters. The summed E-state index contributed by atoms with van der Waals surface area (Å²) >= 11 is 1.05. The Kier molecular flexibility index (Phi) is 6.21. The van der Waals surface area contributed by atoms with Crippen LogP contribution in [0.5, 0.6) is 11.5 Å². The summed E-state index contributed by atoms with van der Waals surface area (Å²) in [7, 11) is 1.51. The van der Waals surface area contributed by atoms with Crippen LogP contribution >= 0.6 is 11.8 Å². The van der Waals surface area contributed by atoms with E-state index >= 15 is 0 Å². The zero-order valence-corrected chi connectivity index (χ0v) is 15.5. The van der Waals surface area contributed by atoms with E-state index in [1.165, 1.54) is 26.4 Å². The minimum atomic E-state index is -0.921. The van der Waals surface area contributed by atoms with Gasteiger partial charge in [0.1, 0.15) is 0 Å². The number of amides is 1. The number of aliphatic hydroxyl groups excluding tert-OH is 1. The number of methoxy groups -OCH3 is 1. The van der Waals surface area contributed by atoms with Crippen LogP contribution in [-0.4, -0.2) is 29.7 Å². The first kappa shape index (κ1) is 18.8. The van der Waals surface area contributed by atoms with Crippen LogP contribution in [0.1, 0.15) is 44.1 Å². The molecule has 2 aliphatic rings. The van der Waals surface area contributed by atoms with Crippen LogP contribution in [0.25, 0.3) is 6.08 Å². The fourth-order valence-corrected chi connectivity index (χ4v) is 4.06. The molecule has 2 N–H and O–H groups in total. The lowest BCUT2D eigenvalue weighted by Crippen LogP contribution is -2.23. The predicted molar refractivity (Wildman–Crippen MR) is 99.5 cm³/mol. The molecule has 1 aromatic carbocycles. The van der Waals surface area contributed by atoms with Gasteiger partial charge < -0.3 is 19.9 Å². The predicted octanol–water partition coefficient (Wildman–Crippen LogP) is 3.05. The van der Waals surface area contributed by atoms with Gasteiger partial charge in [0.05, 0.1) is 12.0 Å². The molecule has 3 rings (SSSR count). The van der Waals surface area contributed by atoms with Crippen molar-refractivity contribution in [3.05, 3.63) is 28.7 Å². The van der Waals surface area contributed by atoms with E-state index in [0.717, 1.165) is 30.2 Å². The molecule has 2 fully saturated rings. The highest BCUT2D eigenvalue weighted by Crippen LogP contribution is 2.33. The van der Waals surface area contributed by atoms with Crippen LogP contribution in [0, 0.1) is 5.92 Å². The number of thioether (sulfide) groups is 1. The molecule has 1 saturated heterocycles. The van der Waals surface area contributed by atoms with Gasteiger partial charge in [-0.3, -0.25) is 9.59 Å². The Morgan fingerprint density at radius 1 is 1.31 bits per heavy atom. The number of rotatable bonds is 5. The number of hydrogen-bond donors (Lipinski definition) is 2. The maximum atomic E-state index is 12.2. The van der Waals surface area contributed by atoms with Crippen molar-refractivity contribution < 1.29 is 24.2 Å². The summed E-state index contributed by atoms with van der Waals surface area (Å²) in [5.74, 6) is 0.662. The molecule has 1 aromatic rings. The SMILES string of the molecule is COc1cc(/C=C2\SC(O)NC2=O)ccc1OC(=O)CC1CCCCC1. The third-order valence-electron chi connectivity index (χ3n) is 4.61. The van der Waals surface area contributed by atoms with Gasteiger partial charge >= 0.3 is 5.97 Å². The molecular weight excluding hydrogens is 354 g/mol. The number of ether oxygens (including phenoxy) is 2. The number of carbonyl (C=O) groups excluding carboxylic acids is 2. The summed E-state index contributed by atoms with van der Waals surface area (Å²) in [6.45, 7) is 0. The zero-order chi connectivity index (χ0) is 18.5. The average molecular weight is 377 g/mol. The number of nitrogens with one attached hydrogen (secondary N) is 1. The summed E-state index contributed by atoms with van der Waals surface area (Å²) in [4.78, 5) is 24.3. The fraction of sp³-hybridized carbons (Fsp3) is 0.474. The molecule has 1 amide bonds. The molecule has 7 heteroatoms. The van der Waals surface area contributed by atoms with Gasteiger partial charge in [-0.1, -0.05) is 37.1 Å². The van der Waals surface area contributed by atoms with Crippen LogP contribution in [0.2, 0.25) is 0 Å². The second-order valence-corrected chi connectivity index (χ2v) is 7.67. The van der Waals surface area contributed by atoms with E-state index in [9.17, 15) is 14.7 Å². The van der Waals surface area contributed by atoms with E-state index in [4.69, 9.17) is 9.47 Å². The van der Waals surface area contributed by atoms with Gasteiger partial charge in [0.25, 0.3) is 5.91 Å². The Balaban J connectivity index is 1.67. The van der Waals surface area contributed by atoms with E-state index in [1.54, 1.807) is 24.3 Å². The minimum Gasteiger partial charge on any atom is -0.493 e. The standard InChI is InChI=1S/C19H23NO5S/c1-24-15-9-13(10-16-18(22)20-19(23)26-16)7-8-14(15)25-17(21)11-12-5-3-2-4-6-12/h7-10,12,19,23H,2-6,11H2,1H3,(H,20,22)/b16-10-. The molecule has 1 heterocycles. The first-order valence-corrected chi connectivity index (χ1v) is 9.69. The highest BCUT2D eigenvalue weighted by molar-refractivity contribution is 8.05. The molecular formula is C19H23NO5S. The van der Waals surface area contributed by atoms with Gasteiger partial charge in [0, 0.05) is 6.42 Å². The van der Waals surface area contributed by atoms with Crippen LogP contribution < -0.4 is 14.8 Å². The fourth-order valence-electron chi connectivity index (χ4n) is 3.29. The second-order valence-electron chi connectivity index (χ2n) is 6.54. The van der Waals surface area contributed by atoms with Crippen molar-refractivity contribution in [3.63, 3.8) is 0 Å². The maximum absolute atomic E-state index is 12.2. The lowest BCUT2D eigenvalue weighted by Gasteiger charge is -2.20. The monoisotopic (exact) mass is 377 g/mol. The maximum Gasteiger partial charge on any atom is 0.311 e.